The molecular formula is C11H11BrN4OS. The zero-order chi connectivity index (χ0) is 13.0. The fraction of sp³-hybridized carbons (Fsp3) is 0.0909. The van der Waals surface area contributed by atoms with Gasteiger partial charge in [-0.2, -0.15) is 0 Å². The molecule has 0 spiro atoms. The molecule has 0 fully saturated rings. The molecule has 2 aromatic heterocycles. The molecule has 7 heteroatoms. The van der Waals surface area contributed by atoms with Crippen LogP contribution < -0.4 is 16.6 Å². The lowest BCUT2D eigenvalue weighted by Gasteiger charge is -2.08. The minimum Gasteiger partial charge on any atom is -0.347 e. The molecule has 0 saturated carbocycles. The maximum atomic E-state index is 12.0. The number of nitrogens with one attached hydrogen (secondary N) is 2. The summed E-state index contributed by atoms with van der Waals surface area (Å²) in [6.07, 6.45) is 3.05. The third-order valence-corrected chi connectivity index (χ3v) is 4.25. The third kappa shape index (κ3) is 2.87. The Hall–Kier alpha value is -1.44. The van der Waals surface area contributed by atoms with Crippen LogP contribution in [-0.4, -0.2) is 10.9 Å². The smallest absolute Gasteiger partial charge is 0.255 e. The number of carbonyl (C=O) groups is 1. The molecule has 18 heavy (non-hydrogen) atoms. The standard InChI is InChI=1S/C11H11BrN4OS/c12-8-2-4-18-10(8)6-15-11(17)7-5-14-3-1-9(7)16-13/h1-5H,6,13H2,(H,14,16)(H,15,17). The van der Waals surface area contributed by atoms with Crippen molar-refractivity contribution in [2.45, 2.75) is 6.54 Å². The Morgan fingerprint density at radius 3 is 3.00 bits per heavy atom. The highest BCUT2D eigenvalue weighted by molar-refractivity contribution is 9.10. The molecule has 0 aliphatic rings. The monoisotopic (exact) mass is 326 g/mol. The van der Waals surface area contributed by atoms with Crippen LogP contribution in [0.25, 0.3) is 0 Å². The van der Waals surface area contributed by atoms with Gasteiger partial charge in [0, 0.05) is 21.7 Å². The number of thiophene rings is 1. The summed E-state index contributed by atoms with van der Waals surface area (Å²) in [4.78, 5) is 17.0. The second kappa shape index (κ2) is 5.94. The highest BCUT2D eigenvalue weighted by Crippen LogP contribution is 2.22. The van der Waals surface area contributed by atoms with Crippen molar-refractivity contribution in [1.29, 1.82) is 0 Å². The minimum atomic E-state index is -0.212. The quantitative estimate of drug-likeness (QED) is 0.594. The van der Waals surface area contributed by atoms with Gasteiger partial charge in [-0.15, -0.1) is 11.3 Å². The van der Waals surface area contributed by atoms with Crippen molar-refractivity contribution >= 4 is 38.9 Å². The summed E-state index contributed by atoms with van der Waals surface area (Å²) >= 11 is 4.99. The summed E-state index contributed by atoms with van der Waals surface area (Å²) in [5, 5.41) is 4.78. The van der Waals surface area contributed by atoms with E-state index in [1.54, 1.807) is 23.6 Å². The van der Waals surface area contributed by atoms with Gasteiger partial charge in [-0.25, -0.2) is 0 Å². The van der Waals surface area contributed by atoms with Gasteiger partial charge in [0.15, 0.2) is 0 Å². The lowest BCUT2D eigenvalue weighted by Crippen LogP contribution is -2.24. The molecule has 0 aliphatic carbocycles. The summed E-state index contributed by atoms with van der Waals surface area (Å²) in [5.41, 5.74) is 3.45. The zero-order valence-corrected chi connectivity index (χ0v) is 11.7. The van der Waals surface area contributed by atoms with Crippen LogP contribution in [0.4, 0.5) is 5.69 Å². The van der Waals surface area contributed by atoms with E-state index in [0.29, 0.717) is 17.8 Å². The normalized spacial score (nSPS) is 10.1. The molecule has 2 aromatic rings. The SMILES string of the molecule is NNc1ccncc1C(=O)NCc1sccc1Br. The van der Waals surface area contributed by atoms with Crippen molar-refractivity contribution in [3.05, 3.63) is 44.8 Å². The van der Waals surface area contributed by atoms with Gasteiger partial charge < -0.3 is 10.7 Å². The van der Waals surface area contributed by atoms with Crippen molar-refractivity contribution in [2.24, 2.45) is 5.84 Å². The van der Waals surface area contributed by atoms with Gasteiger partial charge in [0.1, 0.15) is 0 Å². The Bertz CT molecular complexity index is 557. The van der Waals surface area contributed by atoms with Crippen molar-refractivity contribution in [2.75, 3.05) is 5.43 Å². The van der Waals surface area contributed by atoms with Crippen LogP contribution >= 0.6 is 27.3 Å². The molecule has 2 rings (SSSR count). The highest BCUT2D eigenvalue weighted by Gasteiger charge is 2.11. The van der Waals surface area contributed by atoms with E-state index < -0.39 is 0 Å². The number of nitrogens with zero attached hydrogens (tertiary/aromatic N) is 1. The number of anilines is 1. The largest absolute Gasteiger partial charge is 0.347 e. The van der Waals surface area contributed by atoms with Crippen molar-refractivity contribution in [3.8, 4) is 0 Å². The van der Waals surface area contributed by atoms with Crippen LogP contribution in [0.1, 0.15) is 15.2 Å². The molecule has 0 saturated heterocycles. The first-order valence-electron chi connectivity index (χ1n) is 5.13. The molecule has 0 aliphatic heterocycles. The van der Waals surface area contributed by atoms with Crippen molar-refractivity contribution in [3.63, 3.8) is 0 Å². The van der Waals surface area contributed by atoms with E-state index in [4.69, 9.17) is 5.84 Å². The molecule has 0 atom stereocenters. The second-order valence-electron chi connectivity index (χ2n) is 3.44. The van der Waals surface area contributed by atoms with E-state index in [-0.39, 0.29) is 5.91 Å². The van der Waals surface area contributed by atoms with Crippen molar-refractivity contribution in [1.82, 2.24) is 10.3 Å². The maximum Gasteiger partial charge on any atom is 0.255 e. The first-order valence-corrected chi connectivity index (χ1v) is 6.80. The fourth-order valence-electron chi connectivity index (χ4n) is 1.41. The lowest BCUT2D eigenvalue weighted by molar-refractivity contribution is 0.0951. The van der Waals surface area contributed by atoms with Crippen LogP contribution in [0.2, 0.25) is 0 Å². The summed E-state index contributed by atoms with van der Waals surface area (Å²) < 4.78 is 0.996. The van der Waals surface area contributed by atoms with E-state index in [2.05, 4.69) is 31.7 Å². The van der Waals surface area contributed by atoms with Crippen LogP contribution in [0.5, 0.6) is 0 Å². The number of hydrogen-bond acceptors (Lipinski definition) is 5. The van der Waals surface area contributed by atoms with Gasteiger partial charge in [0.05, 0.1) is 17.8 Å². The third-order valence-electron chi connectivity index (χ3n) is 2.32. The average Bonchev–Trinajstić information content (AvgIpc) is 2.81. The van der Waals surface area contributed by atoms with Crippen LogP contribution in [0.15, 0.2) is 34.4 Å². The van der Waals surface area contributed by atoms with Gasteiger partial charge in [0.2, 0.25) is 0 Å². The number of halogens is 1. The van der Waals surface area contributed by atoms with Gasteiger partial charge >= 0.3 is 0 Å². The van der Waals surface area contributed by atoms with E-state index in [1.165, 1.54) is 6.20 Å². The van der Waals surface area contributed by atoms with Gasteiger partial charge in [-0.05, 0) is 33.4 Å². The molecule has 1 amide bonds. The molecular weight excluding hydrogens is 316 g/mol. The predicted octanol–water partition coefficient (Wildman–Crippen LogP) is 2.12. The first-order chi connectivity index (χ1) is 8.72. The Morgan fingerprint density at radius 1 is 1.50 bits per heavy atom. The fourth-order valence-corrected chi connectivity index (χ4v) is 2.84. The maximum absolute atomic E-state index is 12.0. The molecule has 5 nitrogen and oxygen atoms in total. The molecule has 4 N–H and O–H groups in total. The number of nitrogens with two attached hydrogens (primary N) is 1. The minimum absolute atomic E-state index is 0.212. The molecule has 0 bridgehead atoms. The number of hydrogen-bond donors (Lipinski definition) is 3. The second-order valence-corrected chi connectivity index (χ2v) is 5.29. The first kappa shape index (κ1) is 13.0. The zero-order valence-electron chi connectivity index (χ0n) is 9.31. The summed E-state index contributed by atoms with van der Waals surface area (Å²) in [7, 11) is 0. The highest BCUT2D eigenvalue weighted by atomic mass is 79.9. The Morgan fingerprint density at radius 2 is 2.33 bits per heavy atom. The topological polar surface area (TPSA) is 80.0 Å². The number of hydrazine groups is 1. The Balaban J connectivity index is 2.06. The Kier molecular flexibility index (Phi) is 4.29. The average molecular weight is 327 g/mol. The van der Waals surface area contributed by atoms with E-state index in [0.717, 1.165) is 9.35 Å². The predicted molar refractivity (Wildman–Crippen MR) is 75.2 cm³/mol. The summed E-state index contributed by atoms with van der Waals surface area (Å²) in [6.45, 7) is 0.468. The molecule has 0 unspecified atom stereocenters. The van der Waals surface area contributed by atoms with E-state index >= 15 is 0 Å². The number of aromatic nitrogens is 1. The summed E-state index contributed by atoms with van der Waals surface area (Å²) in [6, 6.07) is 3.60. The van der Waals surface area contributed by atoms with Gasteiger partial charge in [-0.1, -0.05) is 0 Å². The van der Waals surface area contributed by atoms with Gasteiger partial charge in [-0.3, -0.25) is 15.6 Å². The molecule has 0 aromatic carbocycles. The number of nitrogen functional groups attached to an aromatic ring is 1. The van der Waals surface area contributed by atoms with Crippen LogP contribution in [-0.2, 0) is 6.54 Å². The molecule has 2 heterocycles. The number of rotatable bonds is 4. The number of amides is 1. The molecule has 94 valence electrons. The van der Waals surface area contributed by atoms with Crippen LogP contribution in [0.3, 0.4) is 0 Å². The molecule has 0 radical (unpaired) electrons. The Labute approximate surface area is 117 Å². The van der Waals surface area contributed by atoms with Crippen LogP contribution in [0, 0.1) is 0 Å². The van der Waals surface area contributed by atoms with E-state index in [9.17, 15) is 4.79 Å². The van der Waals surface area contributed by atoms with Gasteiger partial charge in [0.25, 0.3) is 5.91 Å². The van der Waals surface area contributed by atoms with E-state index in [1.807, 2.05) is 11.4 Å². The summed E-state index contributed by atoms with van der Waals surface area (Å²) in [5.74, 6) is 5.13. The van der Waals surface area contributed by atoms with Crippen molar-refractivity contribution < 1.29 is 4.79 Å². The number of carbonyl (C=O) groups excluding carboxylic acids is 1. The number of pyridine rings is 1. The lowest BCUT2D eigenvalue weighted by atomic mass is 10.2.